The number of halogens is 1. The molecule has 0 heterocycles. The summed E-state index contributed by atoms with van der Waals surface area (Å²) in [5.74, 6) is -0.206. The van der Waals surface area contributed by atoms with E-state index in [1.165, 1.54) is 0 Å². The quantitative estimate of drug-likeness (QED) is 0.320. The minimum Gasteiger partial charge on any atom is -0.598 e. The third-order valence-corrected chi connectivity index (χ3v) is 10.3. The molecule has 0 saturated heterocycles. The van der Waals surface area contributed by atoms with Gasteiger partial charge in [-0.25, -0.2) is 0 Å². The predicted molar refractivity (Wildman–Crippen MR) is 141 cm³/mol. The molecule has 0 radical (unpaired) electrons. The van der Waals surface area contributed by atoms with Crippen LogP contribution in [0.25, 0.3) is 0 Å². The maximum absolute atomic E-state index is 13.9. The lowest BCUT2D eigenvalue weighted by molar-refractivity contribution is -0.269. The van der Waals surface area contributed by atoms with Crippen molar-refractivity contribution in [3.8, 4) is 6.07 Å². The first kappa shape index (κ1) is 28.0. The Hall–Kier alpha value is -0.620. The molecular weight excluding hydrogens is 512 g/mol. The summed E-state index contributed by atoms with van der Waals surface area (Å²) in [6.45, 7) is 17.2. The van der Waals surface area contributed by atoms with Gasteiger partial charge in [-0.05, 0) is 94.9 Å². The fourth-order valence-electron chi connectivity index (χ4n) is 6.40. The smallest absolute Gasteiger partial charge is 0.287 e. The number of hydrogen-bond donors (Lipinski definition) is 1. The molecule has 1 spiro atoms. The molecule has 1 fully saturated rings. The summed E-state index contributed by atoms with van der Waals surface area (Å²) in [5.41, 5.74) is 0.606. The van der Waals surface area contributed by atoms with E-state index in [0.717, 1.165) is 34.9 Å². The Labute approximate surface area is 217 Å². The van der Waals surface area contributed by atoms with Crippen LogP contribution in [0.1, 0.15) is 79.4 Å². The van der Waals surface area contributed by atoms with Gasteiger partial charge in [0.2, 0.25) is 0 Å². The van der Waals surface area contributed by atoms with Crippen molar-refractivity contribution < 1.29 is 14.0 Å². The zero-order chi connectivity index (χ0) is 25.5. The molecule has 5 nitrogen and oxygen atoms in total. The Morgan fingerprint density at radius 3 is 2.18 bits per heavy atom. The lowest BCUT2D eigenvalue weighted by atomic mass is 9.53. The molecule has 0 bridgehead atoms. The minimum absolute atomic E-state index is 0.306. The number of benzene rings is 1. The van der Waals surface area contributed by atoms with Gasteiger partial charge in [0, 0.05) is 34.5 Å². The van der Waals surface area contributed by atoms with Gasteiger partial charge in [0.05, 0.1) is 0 Å². The fraction of sp³-hybridized carbons (Fsp3) is 0.741. The Kier molecular flexibility index (Phi) is 8.25. The summed E-state index contributed by atoms with van der Waals surface area (Å²) < 4.78 is 30.6. The van der Waals surface area contributed by atoms with Crippen molar-refractivity contribution in [2.45, 2.75) is 90.7 Å². The van der Waals surface area contributed by atoms with Gasteiger partial charge in [0.25, 0.3) is 5.79 Å². The molecule has 3 unspecified atom stereocenters. The number of nitrogens with zero attached hydrogens (tertiary/aromatic N) is 1. The molecule has 0 amide bonds. The van der Waals surface area contributed by atoms with E-state index < -0.39 is 32.8 Å². The fourth-order valence-corrected chi connectivity index (χ4v) is 7.80. The number of rotatable bonds is 7. The summed E-state index contributed by atoms with van der Waals surface area (Å²) in [6.07, 6.45) is 2.57. The Balaban J connectivity index is 2.43. The van der Waals surface area contributed by atoms with Crippen molar-refractivity contribution >= 4 is 27.3 Å². The van der Waals surface area contributed by atoms with E-state index in [1.807, 2.05) is 34.6 Å². The van der Waals surface area contributed by atoms with Gasteiger partial charge >= 0.3 is 0 Å². The minimum atomic E-state index is -1.64. The van der Waals surface area contributed by atoms with Crippen molar-refractivity contribution in [3.05, 3.63) is 33.8 Å². The highest BCUT2D eigenvalue weighted by Crippen LogP contribution is 2.65. The zero-order valence-corrected chi connectivity index (χ0v) is 24.4. The third-order valence-electron chi connectivity index (χ3n) is 8.16. The van der Waals surface area contributed by atoms with Crippen molar-refractivity contribution in [3.63, 3.8) is 0 Å². The van der Waals surface area contributed by atoms with Gasteiger partial charge in [-0.2, -0.15) is 5.26 Å². The second kappa shape index (κ2) is 10.0. The number of ether oxygens (including phenoxy) is 2. The molecule has 1 aromatic rings. The first-order chi connectivity index (χ1) is 15.8. The highest BCUT2D eigenvalue weighted by Gasteiger charge is 2.73. The van der Waals surface area contributed by atoms with Crippen LogP contribution in [0.3, 0.4) is 0 Å². The van der Waals surface area contributed by atoms with E-state index in [1.54, 1.807) is 0 Å². The normalized spacial score (nSPS) is 32.4. The van der Waals surface area contributed by atoms with Crippen LogP contribution in [-0.4, -0.2) is 28.3 Å². The summed E-state index contributed by atoms with van der Waals surface area (Å²) in [6, 6.07) is 8.74. The van der Waals surface area contributed by atoms with Gasteiger partial charge < -0.3 is 14.0 Å². The van der Waals surface area contributed by atoms with E-state index in [2.05, 4.69) is 65.7 Å². The molecule has 1 aromatic carbocycles. The third kappa shape index (κ3) is 4.37. The van der Waals surface area contributed by atoms with Crippen LogP contribution in [0.4, 0.5) is 0 Å². The lowest BCUT2D eigenvalue weighted by Gasteiger charge is -2.57. The summed E-state index contributed by atoms with van der Waals surface area (Å²) >= 11 is 2.20. The molecule has 1 N–H and O–H groups in total. The first-order valence-corrected chi connectivity index (χ1v) is 14.4. The van der Waals surface area contributed by atoms with E-state index in [4.69, 9.17) is 9.47 Å². The molecule has 3 rings (SSSR count). The zero-order valence-electron chi connectivity index (χ0n) is 22.0. The molecule has 6 atom stereocenters. The van der Waals surface area contributed by atoms with Crippen LogP contribution in [0.2, 0.25) is 0 Å². The average Bonchev–Trinajstić information content (AvgIpc) is 3.00. The Bertz CT molecular complexity index is 909. The van der Waals surface area contributed by atoms with Crippen molar-refractivity contribution in [2.24, 2.45) is 23.2 Å². The van der Waals surface area contributed by atoms with Crippen molar-refractivity contribution in [2.75, 3.05) is 13.2 Å². The highest BCUT2D eigenvalue weighted by atomic mass is 79.9. The molecule has 1 saturated carbocycles. The Morgan fingerprint density at radius 2 is 1.71 bits per heavy atom. The summed E-state index contributed by atoms with van der Waals surface area (Å²) in [5, 5.41) is 10.8. The van der Waals surface area contributed by atoms with Crippen LogP contribution in [0, 0.1) is 34.5 Å². The van der Waals surface area contributed by atoms with E-state index >= 15 is 0 Å². The largest absolute Gasteiger partial charge is 0.598 e. The monoisotopic (exact) mass is 552 g/mol. The predicted octanol–water partition coefficient (Wildman–Crippen LogP) is 6.23. The van der Waals surface area contributed by atoms with Gasteiger partial charge in [0.1, 0.15) is 10.8 Å². The van der Waals surface area contributed by atoms with E-state index in [-0.39, 0.29) is 0 Å². The number of nitrogens with one attached hydrogen (secondary N) is 1. The molecule has 0 aromatic heterocycles. The maximum atomic E-state index is 13.9. The second-order valence-electron chi connectivity index (χ2n) is 11.3. The summed E-state index contributed by atoms with van der Waals surface area (Å²) in [7, 11) is 0. The van der Waals surface area contributed by atoms with Gasteiger partial charge in [-0.15, -0.1) is 4.72 Å². The van der Waals surface area contributed by atoms with Gasteiger partial charge in [-0.3, -0.25) is 0 Å². The second-order valence-corrected chi connectivity index (χ2v) is 14.2. The number of nitriles is 1. The number of hydrogen-bond acceptors (Lipinski definition) is 5. The molecule has 2 aliphatic carbocycles. The molecule has 0 aliphatic heterocycles. The van der Waals surface area contributed by atoms with Crippen LogP contribution in [0.5, 0.6) is 0 Å². The van der Waals surface area contributed by atoms with Crippen LogP contribution < -0.4 is 4.72 Å². The van der Waals surface area contributed by atoms with Crippen molar-refractivity contribution in [1.82, 2.24) is 4.72 Å². The average molecular weight is 554 g/mol. The van der Waals surface area contributed by atoms with E-state index in [9.17, 15) is 9.81 Å². The molecule has 2 aliphatic rings. The summed E-state index contributed by atoms with van der Waals surface area (Å²) in [4.78, 5) is 0. The molecular formula is C27H41BrN2O3S. The van der Waals surface area contributed by atoms with Crippen LogP contribution in [-0.2, 0) is 32.8 Å². The topological polar surface area (TPSA) is 77.3 Å². The molecule has 190 valence electrons. The Morgan fingerprint density at radius 1 is 1.15 bits per heavy atom. The van der Waals surface area contributed by atoms with Gasteiger partial charge in [-0.1, -0.05) is 42.8 Å². The van der Waals surface area contributed by atoms with Crippen molar-refractivity contribution in [1.29, 1.82) is 5.26 Å². The van der Waals surface area contributed by atoms with Crippen LogP contribution >= 0.6 is 15.9 Å². The van der Waals surface area contributed by atoms with Gasteiger partial charge in [0.15, 0.2) is 5.54 Å². The SMILES string of the molecule is CCOC(C#N)(OCC)[C@]1(N[S+]([O-])C(C)(C)C)c2cc(Br)ccc2CC12C[C@@H](C)C(C)[C@@H](C)C2. The standard InChI is InChI=1S/C27H41BrN2O3S/c1-9-32-26(17-29,33-10-2)27(30-34(31)24(6,7)8)23-13-22(28)12-11-21(23)16-25(27)14-18(3)20(5)19(4)15-25/h11-13,18-20,30H,9-10,14-16H2,1-8H3/t18-,19+,20?,25?,27-,34?/m0/s1. The maximum Gasteiger partial charge on any atom is 0.287 e. The highest BCUT2D eigenvalue weighted by molar-refractivity contribution is 9.10. The van der Waals surface area contributed by atoms with Crippen LogP contribution in [0.15, 0.2) is 22.7 Å². The molecule has 7 heteroatoms. The first-order valence-electron chi connectivity index (χ1n) is 12.5. The molecule has 34 heavy (non-hydrogen) atoms. The number of fused-ring (bicyclic) bond motifs is 1. The lowest BCUT2D eigenvalue weighted by Crippen LogP contribution is -2.72. The van der Waals surface area contributed by atoms with E-state index in [0.29, 0.717) is 31.0 Å².